The van der Waals surface area contributed by atoms with Gasteiger partial charge >= 0.3 is 0 Å². The largest absolute Gasteiger partial charge is 0.378 e. The maximum atomic E-state index is 13.3. The minimum Gasteiger partial charge on any atom is -0.378 e. The summed E-state index contributed by atoms with van der Waals surface area (Å²) in [5.74, 6) is -0.0405. The van der Waals surface area contributed by atoms with E-state index in [1.165, 1.54) is 18.3 Å². The molecular formula is C22H21FN4O2. The van der Waals surface area contributed by atoms with Crippen LogP contribution in [0.25, 0.3) is 0 Å². The van der Waals surface area contributed by atoms with Gasteiger partial charge in [0.1, 0.15) is 11.6 Å². The zero-order chi connectivity index (χ0) is 20.1. The third-order valence-electron chi connectivity index (χ3n) is 4.63. The molecule has 0 saturated carbocycles. The van der Waals surface area contributed by atoms with Gasteiger partial charge < -0.3 is 20.3 Å². The molecule has 0 aliphatic carbocycles. The zero-order valence-corrected chi connectivity index (χ0v) is 15.8. The number of hydrogen-bond donors (Lipinski definition) is 2. The first-order chi connectivity index (χ1) is 14.2. The summed E-state index contributed by atoms with van der Waals surface area (Å²) in [6, 6.07) is 17.2. The number of carbonyl (C=O) groups excluding carboxylic acids is 1. The Balaban J connectivity index is 1.45. The average Bonchev–Trinajstić information content (AvgIpc) is 2.75. The Morgan fingerprint density at radius 1 is 1.03 bits per heavy atom. The second kappa shape index (κ2) is 8.70. The van der Waals surface area contributed by atoms with Crippen LogP contribution in [0.1, 0.15) is 10.4 Å². The Kier molecular flexibility index (Phi) is 5.67. The molecule has 2 N–H and O–H groups in total. The number of amides is 1. The Labute approximate surface area is 168 Å². The van der Waals surface area contributed by atoms with Crippen molar-refractivity contribution in [3.05, 3.63) is 78.2 Å². The minimum absolute atomic E-state index is 0.240. The fourth-order valence-corrected chi connectivity index (χ4v) is 3.17. The summed E-state index contributed by atoms with van der Waals surface area (Å²) in [5, 5.41) is 5.98. The molecule has 0 atom stereocenters. The van der Waals surface area contributed by atoms with E-state index in [9.17, 15) is 9.18 Å². The van der Waals surface area contributed by atoms with E-state index >= 15 is 0 Å². The van der Waals surface area contributed by atoms with Crippen LogP contribution in [0.2, 0.25) is 0 Å². The van der Waals surface area contributed by atoms with Crippen molar-refractivity contribution in [1.29, 1.82) is 0 Å². The van der Waals surface area contributed by atoms with E-state index in [2.05, 4.69) is 20.5 Å². The van der Waals surface area contributed by atoms with Crippen molar-refractivity contribution in [2.45, 2.75) is 0 Å². The topological polar surface area (TPSA) is 66.5 Å². The van der Waals surface area contributed by atoms with Gasteiger partial charge in [-0.3, -0.25) is 4.79 Å². The number of nitrogens with zero attached hydrogens (tertiary/aromatic N) is 2. The predicted octanol–water partition coefficient (Wildman–Crippen LogP) is 4.05. The summed E-state index contributed by atoms with van der Waals surface area (Å²) in [6.45, 7) is 2.92. The van der Waals surface area contributed by atoms with Gasteiger partial charge in [0.15, 0.2) is 0 Å². The number of para-hydroxylation sites is 2. The van der Waals surface area contributed by atoms with Crippen LogP contribution in [0.4, 0.5) is 27.3 Å². The minimum atomic E-state index is -0.329. The van der Waals surface area contributed by atoms with E-state index in [-0.39, 0.29) is 11.7 Å². The van der Waals surface area contributed by atoms with E-state index in [0.717, 1.165) is 24.5 Å². The highest BCUT2D eigenvalue weighted by atomic mass is 19.1. The summed E-state index contributed by atoms with van der Waals surface area (Å²) in [6.07, 6.45) is 1.49. The zero-order valence-electron chi connectivity index (χ0n) is 15.8. The average molecular weight is 392 g/mol. The molecule has 1 saturated heterocycles. The molecule has 0 bridgehead atoms. The molecule has 0 spiro atoms. The smallest absolute Gasteiger partial charge is 0.257 e. The summed E-state index contributed by atoms with van der Waals surface area (Å²) in [4.78, 5) is 19.2. The molecule has 7 heteroatoms. The summed E-state index contributed by atoms with van der Waals surface area (Å²) < 4.78 is 18.7. The molecule has 1 fully saturated rings. The molecule has 0 unspecified atom stereocenters. The summed E-state index contributed by atoms with van der Waals surface area (Å²) in [5.41, 5.74) is 2.75. The summed E-state index contributed by atoms with van der Waals surface area (Å²) >= 11 is 0. The standard InChI is InChI=1S/C22H21FN4O2/c23-17-4-3-5-18(14-17)25-21-9-8-16(15-24-21)22(28)26-19-6-1-2-7-20(19)27-10-12-29-13-11-27/h1-9,14-15H,10-13H2,(H,24,25)(H,26,28). The van der Waals surface area contributed by atoms with Gasteiger partial charge in [0.2, 0.25) is 0 Å². The third-order valence-corrected chi connectivity index (χ3v) is 4.63. The van der Waals surface area contributed by atoms with Crippen LogP contribution >= 0.6 is 0 Å². The van der Waals surface area contributed by atoms with Gasteiger partial charge in [0.05, 0.1) is 30.2 Å². The highest BCUT2D eigenvalue weighted by Gasteiger charge is 2.16. The van der Waals surface area contributed by atoms with E-state index < -0.39 is 0 Å². The number of anilines is 4. The molecule has 3 aromatic rings. The number of nitrogens with one attached hydrogen (secondary N) is 2. The molecule has 2 heterocycles. The van der Waals surface area contributed by atoms with Crippen LogP contribution in [0.5, 0.6) is 0 Å². The highest BCUT2D eigenvalue weighted by Crippen LogP contribution is 2.27. The molecule has 4 rings (SSSR count). The lowest BCUT2D eigenvalue weighted by atomic mass is 10.2. The molecule has 1 aliphatic heterocycles. The van der Waals surface area contributed by atoms with Crippen LogP contribution in [-0.2, 0) is 4.74 Å². The number of aromatic nitrogens is 1. The fourth-order valence-electron chi connectivity index (χ4n) is 3.17. The predicted molar refractivity (Wildman–Crippen MR) is 111 cm³/mol. The lowest BCUT2D eigenvalue weighted by Gasteiger charge is -2.30. The third kappa shape index (κ3) is 4.70. The first-order valence-electron chi connectivity index (χ1n) is 9.41. The summed E-state index contributed by atoms with van der Waals surface area (Å²) in [7, 11) is 0. The van der Waals surface area contributed by atoms with Gasteiger partial charge in [0, 0.05) is 25.0 Å². The van der Waals surface area contributed by atoms with E-state index in [4.69, 9.17) is 4.74 Å². The molecule has 29 heavy (non-hydrogen) atoms. The number of ether oxygens (including phenoxy) is 1. The van der Waals surface area contributed by atoms with Crippen LogP contribution in [0.15, 0.2) is 66.9 Å². The number of hydrogen-bond acceptors (Lipinski definition) is 5. The molecule has 1 aromatic heterocycles. The maximum Gasteiger partial charge on any atom is 0.257 e. The van der Waals surface area contributed by atoms with Crippen molar-refractivity contribution in [3.8, 4) is 0 Å². The van der Waals surface area contributed by atoms with Crippen molar-refractivity contribution < 1.29 is 13.9 Å². The molecule has 0 radical (unpaired) electrons. The SMILES string of the molecule is O=C(Nc1ccccc1N1CCOCC1)c1ccc(Nc2cccc(F)c2)nc1. The second-order valence-corrected chi connectivity index (χ2v) is 6.64. The molecular weight excluding hydrogens is 371 g/mol. The normalized spacial score (nSPS) is 13.8. The van der Waals surface area contributed by atoms with Gasteiger partial charge in [-0.1, -0.05) is 18.2 Å². The van der Waals surface area contributed by atoms with E-state index in [1.807, 2.05) is 24.3 Å². The Morgan fingerprint density at radius 2 is 1.86 bits per heavy atom. The van der Waals surface area contributed by atoms with E-state index in [0.29, 0.717) is 30.3 Å². The van der Waals surface area contributed by atoms with E-state index in [1.54, 1.807) is 24.3 Å². The van der Waals surface area contributed by atoms with Crippen molar-refractivity contribution in [2.75, 3.05) is 41.8 Å². The molecule has 148 valence electrons. The quantitative estimate of drug-likeness (QED) is 0.686. The first kappa shape index (κ1) is 18.9. The molecule has 6 nitrogen and oxygen atoms in total. The number of carbonyl (C=O) groups is 1. The van der Waals surface area contributed by atoms with Crippen LogP contribution in [0.3, 0.4) is 0 Å². The fraction of sp³-hybridized carbons (Fsp3) is 0.182. The van der Waals surface area contributed by atoms with Crippen molar-refractivity contribution >= 4 is 28.8 Å². The van der Waals surface area contributed by atoms with Crippen LogP contribution in [0, 0.1) is 5.82 Å². The number of benzene rings is 2. The van der Waals surface area contributed by atoms with Gasteiger partial charge in [-0.25, -0.2) is 9.37 Å². The Hall–Kier alpha value is -3.45. The van der Waals surface area contributed by atoms with Crippen LogP contribution in [-0.4, -0.2) is 37.2 Å². The lowest BCUT2D eigenvalue weighted by molar-refractivity contribution is 0.102. The van der Waals surface area contributed by atoms with Crippen LogP contribution < -0.4 is 15.5 Å². The monoisotopic (exact) mass is 392 g/mol. The number of rotatable bonds is 5. The lowest BCUT2D eigenvalue weighted by Crippen LogP contribution is -2.36. The number of morpholine rings is 1. The maximum absolute atomic E-state index is 13.3. The Morgan fingerprint density at radius 3 is 2.62 bits per heavy atom. The van der Waals surface area contributed by atoms with Gasteiger partial charge in [0.25, 0.3) is 5.91 Å². The number of pyridine rings is 1. The second-order valence-electron chi connectivity index (χ2n) is 6.64. The molecule has 1 aliphatic rings. The number of halogens is 1. The van der Waals surface area contributed by atoms with Crippen molar-refractivity contribution in [3.63, 3.8) is 0 Å². The Bertz CT molecular complexity index is 988. The molecule has 2 aromatic carbocycles. The van der Waals surface area contributed by atoms with Crippen molar-refractivity contribution in [2.24, 2.45) is 0 Å². The molecule has 1 amide bonds. The van der Waals surface area contributed by atoms with Gasteiger partial charge in [-0.05, 0) is 42.5 Å². The highest BCUT2D eigenvalue weighted by molar-refractivity contribution is 6.05. The van der Waals surface area contributed by atoms with Gasteiger partial charge in [-0.15, -0.1) is 0 Å². The first-order valence-corrected chi connectivity index (χ1v) is 9.41. The van der Waals surface area contributed by atoms with Gasteiger partial charge in [-0.2, -0.15) is 0 Å². The van der Waals surface area contributed by atoms with Crippen molar-refractivity contribution in [1.82, 2.24) is 4.98 Å².